The van der Waals surface area contributed by atoms with Crippen molar-refractivity contribution in [1.29, 1.82) is 0 Å². The molecule has 0 amide bonds. The molecule has 3 heteroatoms. The fourth-order valence-corrected chi connectivity index (χ4v) is 2.17. The van der Waals surface area contributed by atoms with Crippen molar-refractivity contribution in [3.8, 4) is 0 Å². The fourth-order valence-electron chi connectivity index (χ4n) is 2.17. The monoisotopic (exact) mass is 241 g/mol. The lowest BCUT2D eigenvalue weighted by Crippen LogP contribution is -2.19. The molecule has 0 saturated carbocycles. The van der Waals surface area contributed by atoms with Gasteiger partial charge < -0.3 is 5.32 Å². The summed E-state index contributed by atoms with van der Waals surface area (Å²) in [5.74, 6) is 0. The number of hydrogen-bond acceptors (Lipinski definition) is 3. The molecule has 2 rings (SSSR count). The van der Waals surface area contributed by atoms with Crippen LogP contribution in [-0.2, 0) is 6.42 Å². The van der Waals surface area contributed by atoms with Gasteiger partial charge in [-0.1, -0.05) is 37.6 Å². The molecule has 18 heavy (non-hydrogen) atoms. The Hall–Kier alpha value is -1.74. The predicted molar refractivity (Wildman–Crippen MR) is 73.4 cm³/mol. The van der Waals surface area contributed by atoms with Crippen LogP contribution >= 0.6 is 0 Å². The lowest BCUT2D eigenvalue weighted by Gasteiger charge is -2.16. The van der Waals surface area contributed by atoms with Crippen LogP contribution < -0.4 is 5.32 Å². The minimum absolute atomic E-state index is 0.129. The summed E-state index contributed by atoms with van der Waals surface area (Å²) in [6.45, 7) is 2.20. The third-order valence-electron chi connectivity index (χ3n) is 3.01. The summed E-state index contributed by atoms with van der Waals surface area (Å²) in [7, 11) is 1.96. The van der Waals surface area contributed by atoms with Crippen LogP contribution in [0.4, 0.5) is 0 Å². The molecule has 0 fully saturated rings. The summed E-state index contributed by atoms with van der Waals surface area (Å²) in [6.07, 6.45) is 5.66. The molecule has 0 aliphatic carbocycles. The molecule has 1 aromatic carbocycles. The second kappa shape index (κ2) is 6.26. The Kier molecular flexibility index (Phi) is 4.42. The maximum atomic E-state index is 4.33. The van der Waals surface area contributed by atoms with E-state index in [-0.39, 0.29) is 6.04 Å². The quantitative estimate of drug-likeness (QED) is 0.874. The molecule has 1 heterocycles. The second-order valence-corrected chi connectivity index (χ2v) is 4.35. The molecule has 1 N–H and O–H groups in total. The summed E-state index contributed by atoms with van der Waals surface area (Å²) in [4.78, 5) is 8.29. The predicted octanol–water partition coefficient (Wildman–Crippen LogP) is 2.74. The van der Waals surface area contributed by atoms with Crippen LogP contribution in [0, 0.1) is 0 Å². The zero-order chi connectivity index (χ0) is 12.8. The van der Waals surface area contributed by atoms with Gasteiger partial charge in [-0.05, 0) is 30.7 Å². The van der Waals surface area contributed by atoms with Gasteiger partial charge in [0.2, 0.25) is 0 Å². The zero-order valence-corrected chi connectivity index (χ0v) is 10.9. The van der Waals surface area contributed by atoms with Gasteiger partial charge in [0.05, 0.1) is 11.7 Å². The molecule has 1 atom stereocenters. The van der Waals surface area contributed by atoms with Gasteiger partial charge >= 0.3 is 0 Å². The maximum Gasteiger partial charge on any atom is 0.115 e. The van der Waals surface area contributed by atoms with Gasteiger partial charge in [0.15, 0.2) is 0 Å². The van der Waals surface area contributed by atoms with Crippen molar-refractivity contribution in [2.45, 2.75) is 25.8 Å². The van der Waals surface area contributed by atoms with E-state index in [0.29, 0.717) is 0 Å². The summed E-state index contributed by atoms with van der Waals surface area (Å²) < 4.78 is 0. The van der Waals surface area contributed by atoms with Crippen molar-refractivity contribution in [2.24, 2.45) is 0 Å². The summed E-state index contributed by atoms with van der Waals surface area (Å²) >= 11 is 0. The average molecular weight is 241 g/mol. The van der Waals surface area contributed by atoms with Gasteiger partial charge in [0.25, 0.3) is 0 Å². The van der Waals surface area contributed by atoms with Crippen molar-refractivity contribution in [3.05, 3.63) is 59.7 Å². The summed E-state index contributed by atoms with van der Waals surface area (Å²) in [6, 6.07) is 10.8. The summed E-state index contributed by atoms with van der Waals surface area (Å²) in [5, 5.41) is 3.31. The molecule has 0 radical (unpaired) electrons. The van der Waals surface area contributed by atoms with Crippen LogP contribution in [-0.4, -0.2) is 17.0 Å². The van der Waals surface area contributed by atoms with Crippen LogP contribution in [0.5, 0.6) is 0 Å². The molecule has 94 valence electrons. The molecule has 1 unspecified atom stereocenters. The highest BCUT2D eigenvalue weighted by atomic mass is 14.9. The average Bonchev–Trinajstić information content (AvgIpc) is 2.42. The van der Waals surface area contributed by atoms with Crippen molar-refractivity contribution in [2.75, 3.05) is 7.05 Å². The molecule has 0 aliphatic heterocycles. The zero-order valence-electron chi connectivity index (χ0n) is 10.9. The number of benzene rings is 1. The minimum atomic E-state index is 0.129. The van der Waals surface area contributed by atoms with E-state index in [4.69, 9.17) is 0 Å². The molecule has 0 aliphatic rings. The van der Waals surface area contributed by atoms with E-state index in [1.165, 1.54) is 17.5 Å². The van der Waals surface area contributed by atoms with Crippen molar-refractivity contribution in [3.63, 3.8) is 0 Å². The van der Waals surface area contributed by atoms with E-state index in [9.17, 15) is 0 Å². The molecular weight excluding hydrogens is 222 g/mol. The Labute approximate surface area is 108 Å². The minimum Gasteiger partial charge on any atom is -0.308 e. The van der Waals surface area contributed by atoms with Crippen LogP contribution in [0.1, 0.15) is 36.2 Å². The third kappa shape index (κ3) is 2.93. The molecule has 0 bridgehead atoms. The molecule has 3 nitrogen and oxygen atoms in total. The van der Waals surface area contributed by atoms with Crippen molar-refractivity contribution >= 4 is 0 Å². The number of nitrogens with one attached hydrogen (secondary N) is 1. The Morgan fingerprint density at radius 3 is 2.83 bits per heavy atom. The van der Waals surface area contributed by atoms with Crippen LogP contribution in [0.25, 0.3) is 0 Å². The van der Waals surface area contributed by atoms with Gasteiger partial charge in [0.1, 0.15) is 6.33 Å². The summed E-state index contributed by atoms with van der Waals surface area (Å²) in [5.41, 5.74) is 3.63. The highest BCUT2D eigenvalue weighted by Gasteiger charge is 2.13. The topological polar surface area (TPSA) is 37.8 Å². The number of aryl methyl sites for hydroxylation is 1. The first-order valence-electron chi connectivity index (χ1n) is 6.37. The molecule has 1 aromatic heterocycles. The Bertz CT molecular complexity index is 482. The molecule has 0 spiro atoms. The van der Waals surface area contributed by atoms with Gasteiger partial charge in [-0.3, -0.25) is 0 Å². The number of hydrogen-bond donors (Lipinski definition) is 1. The smallest absolute Gasteiger partial charge is 0.115 e. The van der Waals surface area contributed by atoms with Crippen molar-refractivity contribution < 1.29 is 0 Å². The van der Waals surface area contributed by atoms with Gasteiger partial charge in [-0.25, -0.2) is 9.97 Å². The third-order valence-corrected chi connectivity index (χ3v) is 3.01. The number of rotatable bonds is 5. The Balaban J connectivity index is 2.30. The van der Waals surface area contributed by atoms with E-state index >= 15 is 0 Å². The van der Waals surface area contributed by atoms with Crippen LogP contribution in [0.2, 0.25) is 0 Å². The first-order chi connectivity index (χ1) is 8.85. The first-order valence-corrected chi connectivity index (χ1v) is 6.37. The molecular formula is C15H19N3. The van der Waals surface area contributed by atoms with E-state index in [1.807, 2.05) is 13.1 Å². The lowest BCUT2D eigenvalue weighted by atomic mass is 9.99. The highest BCUT2D eigenvalue weighted by Crippen LogP contribution is 2.20. The van der Waals surface area contributed by atoms with Crippen LogP contribution in [0.3, 0.4) is 0 Å². The molecule has 0 saturated heterocycles. The van der Waals surface area contributed by atoms with Crippen LogP contribution in [0.15, 0.2) is 42.9 Å². The first kappa shape index (κ1) is 12.7. The number of nitrogens with zero attached hydrogens (tertiary/aromatic N) is 2. The van der Waals surface area contributed by atoms with E-state index in [0.717, 1.165) is 12.1 Å². The van der Waals surface area contributed by atoms with Gasteiger partial charge in [-0.2, -0.15) is 0 Å². The van der Waals surface area contributed by atoms with E-state index in [1.54, 1.807) is 12.5 Å². The second-order valence-electron chi connectivity index (χ2n) is 4.35. The van der Waals surface area contributed by atoms with E-state index in [2.05, 4.69) is 46.5 Å². The largest absolute Gasteiger partial charge is 0.308 e. The highest BCUT2D eigenvalue weighted by molar-refractivity contribution is 5.31. The lowest BCUT2D eigenvalue weighted by molar-refractivity contribution is 0.667. The van der Waals surface area contributed by atoms with E-state index < -0.39 is 0 Å². The van der Waals surface area contributed by atoms with Gasteiger partial charge in [-0.15, -0.1) is 0 Å². The Morgan fingerprint density at radius 2 is 2.17 bits per heavy atom. The Morgan fingerprint density at radius 1 is 1.28 bits per heavy atom. The molecule has 2 aromatic rings. The maximum absolute atomic E-state index is 4.33. The van der Waals surface area contributed by atoms with Gasteiger partial charge in [0, 0.05) is 6.20 Å². The van der Waals surface area contributed by atoms with Crippen molar-refractivity contribution in [1.82, 2.24) is 15.3 Å². The standard InChI is InChI=1S/C15H19N3/c1-3-5-12-6-4-7-13(10-12)15(16-2)14-8-9-17-11-18-14/h4,6-11,15-16H,3,5H2,1-2H3. The fraction of sp³-hybridized carbons (Fsp3) is 0.333. The SMILES string of the molecule is CCCc1cccc(C(NC)c2ccncn2)c1. The number of aromatic nitrogens is 2. The normalized spacial score (nSPS) is 12.3.